The molecule has 4 amide bonds. The van der Waals surface area contributed by atoms with Gasteiger partial charge in [0.25, 0.3) is 11.8 Å². The van der Waals surface area contributed by atoms with Gasteiger partial charge in [-0.15, -0.1) is 0 Å². The first-order valence-electron chi connectivity index (χ1n) is 11.9. The minimum absolute atomic E-state index is 0.0993. The number of fused-ring (bicyclic) bond motifs is 1. The lowest BCUT2D eigenvalue weighted by molar-refractivity contribution is -0.147. The van der Waals surface area contributed by atoms with Crippen molar-refractivity contribution in [3.8, 4) is 0 Å². The van der Waals surface area contributed by atoms with Gasteiger partial charge in [0.05, 0.1) is 5.44 Å². The van der Waals surface area contributed by atoms with Crippen molar-refractivity contribution in [2.24, 2.45) is 0 Å². The topological polar surface area (TPSA) is 95.6 Å². The summed E-state index contributed by atoms with van der Waals surface area (Å²) >= 11 is 5.77. The molecule has 15 heteroatoms. The maximum absolute atomic E-state index is 14.9. The van der Waals surface area contributed by atoms with E-state index in [2.05, 4.69) is 10.6 Å². The van der Waals surface area contributed by atoms with Gasteiger partial charge in [0.2, 0.25) is 11.8 Å². The van der Waals surface area contributed by atoms with E-state index in [1.807, 2.05) is 0 Å². The van der Waals surface area contributed by atoms with Crippen LogP contribution in [0.3, 0.4) is 0 Å². The van der Waals surface area contributed by atoms with Gasteiger partial charge in [0.15, 0.2) is 0 Å². The molecule has 2 aromatic carbocycles. The third-order valence-corrected chi connectivity index (χ3v) is 8.11. The number of carbonyl (C=O) groups is 4. The van der Waals surface area contributed by atoms with E-state index in [4.69, 9.17) is 11.6 Å². The van der Waals surface area contributed by atoms with Crippen LogP contribution in [0.15, 0.2) is 42.5 Å². The van der Waals surface area contributed by atoms with Crippen molar-refractivity contribution < 1.29 is 28.0 Å². The van der Waals surface area contributed by atoms with E-state index in [1.54, 1.807) is 57.4 Å². The smallest absolute Gasteiger partial charge is 0.349 e. The second-order valence-corrected chi connectivity index (χ2v) is 10.9. The molecule has 2 aromatic rings. The molecule has 0 radical (unpaired) electrons. The number of benzene rings is 2. The molecule has 37 heavy (non-hydrogen) atoms. The van der Waals surface area contributed by atoms with Crippen molar-refractivity contribution in [3.05, 3.63) is 69.7 Å². The highest BCUT2D eigenvalue weighted by Crippen LogP contribution is 2.41. The average molecular weight is 521 g/mol. The predicted molar refractivity (Wildman–Crippen MR) is 148 cm³/mol. The Morgan fingerprint density at radius 1 is 1.08 bits per heavy atom. The van der Waals surface area contributed by atoms with E-state index < -0.39 is 45.7 Å². The highest BCUT2D eigenvalue weighted by molar-refractivity contribution is 6.44. The minimum Gasteiger partial charge on any atom is -0.357 e. The number of rotatable bonds is 5. The Morgan fingerprint density at radius 2 is 1.68 bits per heavy atom. The lowest BCUT2D eigenvalue weighted by Crippen LogP contribution is -2.67. The average Bonchev–Trinajstić information content (AvgIpc) is 3.17. The molecule has 0 aromatic heterocycles. The van der Waals surface area contributed by atoms with Crippen LogP contribution in [0.4, 0.5) is 8.78 Å². The van der Waals surface area contributed by atoms with Crippen LogP contribution in [-0.4, -0.2) is 73.2 Å². The van der Waals surface area contributed by atoms with Crippen LogP contribution in [0, 0.1) is 0 Å². The minimum atomic E-state index is -3.79. The zero-order valence-corrected chi connectivity index (χ0v) is 21.9. The molecule has 2 unspecified atom stereocenters. The maximum atomic E-state index is 14.9. The molecule has 2 aliphatic heterocycles. The zero-order valence-electron chi connectivity index (χ0n) is 21.1. The van der Waals surface area contributed by atoms with Gasteiger partial charge in [-0.25, -0.2) is 0 Å². The van der Waals surface area contributed by atoms with E-state index >= 15 is 0 Å². The maximum Gasteiger partial charge on any atom is 0.349 e. The Balaban J connectivity index is 1.59. The Morgan fingerprint density at radius 3 is 2.30 bits per heavy atom. The molecule has 7 nitrogen and oxygen atoms in total. The SMILES string of the molecule is BC1C(=O)NC(=O)[C@@](B)(N2Cc3cc(C(B)(B)NC(=O)C(F)(F)c4ccc(Cl)cc4)ccc3C2=O)C1B. The lowest BCUT2D eigenvalue weighted by atomic mass is 9.48. The monoisotopic (exact) mass is 521 g/mol. The van der Waals surface area contributed by atoms with Crippen LogP contribution in [0.5, 0.6) is 0 Å². The standard InChI is InChI=1S/C22H23B5ClF2N3O4/c23-14-15(24)20(25,18(36)31-16(14)34)33-8-9-7-11(3-6-13(9)17(33)35)22(26,27)32-19(37)21(29,30)10-1-4-12(28)5-2-10/h1-7,14-15H,8,23-27H2,(H,32,37)(H,31,34,36)/t14?,15?,20-/m0/s1. The predicted octanol–water partition coefficient (Wildman–Crippen LogP) is -2.59. The Labute approximate surface area is 222 Å². The number of hydrogen-bond donors (Lipinski definition) is 2. The summed E-state index contributed by atoms with van der Waals surface area (Å²) in [5.41, 5.74) is -0.256. The van der Waals surface area contributed by atoms with Gasteiger partial charge in [0.1, 0.15) is 39.2 Å². The number of hydrogen-bond acceptors (Lipinski definition) is 4. The number of carbonyl (C=O) groups excluding carboxylic acids is 4. The van der Waals surface area contributed by atoms with E-state index in [9.17, 15) is 28.0 Å². The third kappa shape index (κ3) is 4.39. The first-order valence-corrected chi connectivity index (χ1v) is 12.3. The molecule has 1 fully saturated rings. The molecule has 2 N–H and O–H groups in total. The number of nitrogens with zero attached hydrogens (tertiary/aromatic N) is 1. The molecule has 0 aliphatic carbocycles. The molecule has 186 valence electrons. The van der Waals surface area contributed by atoms with Gasteiger partial charge in [-0.1, -0.05) is 35.9 Å². The van der Waals surface area contributed by atoms with Crippen LogP contribution in [0.1, 0.15) is 27.0 Å². The summed E-state index contributed by atoms with van der Waals surface area (Å²) in [4.78, 5) is 52.4. The fourth-order valence-electron chi connectivity index (χ4n) is 4.95. The molecule has 0 saturated carbocycles. The van der Waals surface area contributed by atoms with Crippen molar-refractivity contribution in [1.29, 1.82) is 0 Å². The number of halogens is 3. The van der Waals surface area contributed by atoms with Crippen LogP contribution in [-0.2, 0) is 32.2 Å². The Bertz CT molecular complexity index is 1330. The summed E-state index contributed by atoms with van der Waals surface area (Å²) < 4.78 is 29.7. The molecule has 1 saturated heterocycles. The van der Waals surface area contributed by atoms with Gasteiger partial charge < -0.3 is 10.2 Å². The fourth-order valence-corrected chi connectivity index (χ4v) is 5.08. The Kier molecular flexibility index (Phi) is 6.63. The van der Waals surface area contributed by atoms with Gasteiger partial charge in [0, 0.05) is 33.8 Å². The van der Waals surface area contributed by atoms with Gasteiger partial charge in [-0.05, 0) is 35.1 Å². The summed E-state index contributed by atoms with van der Waals surface area (Å²) in [7, 11) is 8.29. The normalized spacial score (nSPS) is 24.0. The van der Waals surface area contributed by atoms with E-state index in [1.165, 1.54) is 17.0 Å². The summed E-state index contributed by atoms with van der Waals surface area (Å²) in [5.74, 6) is -7.46. The number of imide groups is 1. The quantitative estimate of drug-likeness (QED) is 0.334. The summed E-state index contributed by atoms with van der Waals surface area (Å²) in [5, 5.41) is 3.84. The van der Waals surface area contributed by atoms with Crippen LogP contribution >= 0.6 is 11.6 Å². The molecular formula is C22H23B5ClF2N3O4. The summed E-state index contributed by atoms with van der Waals surface area (Å²) in [6.07, 6.45) is 0. The third-order valence-electron chi connectivity index (χ3n) is 7.86. The molecule has 0 bridgehead atoms. The summed E-state index contributed by atoms with van der Waals surface area (Å²) in [6.45, 7) is 0.0993. The number of amides is 4. The first-order chi connectivity index (χ1) is 17.1. The lowest BCUT2D eigenvalue weighted by Gasteiger charge is -2.47. The fraction of sp³-hybridized carbons (Fsp3) is 0.273. The summed E-state index contributed by atoms with van der Waals surface area (Å²) in [6, 6.07) is 9.62. The van der Waals surface area contributed by atoms with E-state index in [0.717, 1.165) is 12.1 Å². The first kappa shape index (κ1) is 27.0. The largest absolute Gasteiger partial charge is 0.357 e. The van der Waals surface area contributed by atoms with Crippen molar-refractivity contribution in [2.75, 3.05) is 0 Å². The molecular weight excluding hydrogens is 498 g/mol. The second-order valence-electron chi connectivity index (χ2n) is 10.5. The number of alkyl halides is 2. The molecule has 3 atom stereocenters. The highest BCUT2D eigenvalue weighted by atomic mass is 35.5. The molecule has 0 spiro atoms. The van der Waals surface area contributed by atoms with Crippen molar-refractivity contribution in [2.45, 2.75) is 34.9 Å². The van der Waals surface area contributed by atoms with Crippen LogP contribution in [0.25, 0.3) is 0 Å². The van der Waals surface area contributed by atoms with Gasteiger partial charge in [-0.3, -0.25) is 24.5 Å². The van der Waals surface area contributed by atoms with Crippen molar-refractivity contribution in [3.63, 3.8) is 0 Å². The van der Waals surface area contributed by atoms with E-state index in [-0.39, 0.29) is 23.4 Å². The highest BCUT2D eigenvalue weighted by Gasteiger charge is 2.54. The Hall–Kier alpha value is -3.01. The van der Waals surface area contributed by atoms with Crippen LogP contribution < -0.4 is 10.6 Å². The van der Waals surface area contributed by atoms with E-state index in [0.29, 0.717) is 16.7 Å². The molecule has 4 rings (SSSR count). The van der Waals surface area contributed by atoms with Gasteiger partial charge >= 0.3 is 5.92 Å². The molecule has 2 heterocycles. The van der Waals surface area contributed by atoms with Crippen LogP contribution in [0.2, 0.25) is 16.7 Å². The zero-order chi connectivity index (χ0) is 27.5. The second kappa shape index (κ2) is 9.08. The number of piperidine rings is 1. The number of nitrogens with one attached hydrogen (secondary N) is 2. The van der Waals surface area contributed by atoms with Crippen molar-refractivity contribution in [1.82, 2.24) is 15.5 Å². The van der Waals surface area contributed by atoms with Gasteiger partial charge in [-0.2, -0.15) is 8.78 Å². The molecule has 2 aliphatic rings. The van der Waals surface area contributed by atoms with Crippen molar-refractivity contribution >= 4 is 74.5 Å².